The molecule has 2 aromatic carbocycles. The minimum Gasteiger partial charge on any atom is -0.291 e. The van der Waals surface area contributed by atoms with Crippen LogP contribution < -0.4 is 5.32 Å². The molecule has 1 aromatic heterocycles. The molecule has 0 unspecified atom stereocenters. The number of benzene rings is 2. The maximum Gasteiger partial charge on any atom is 0.259 e. The number of amides is 1. The van der Waals surface area contributed by atoms with Gasteiger partial charge in [0.1, 0.15) is 0 Å². The quantitative estimate of drug-likeness (QED) is 0.580. The molecule has 5 nitrogen and oxygen atoms in total. The lowest BCUT2D eigenvalue weighted by Gasteiger charge is -2.03. The lowest BCUT2D eigenvalue weighted by atomic mass is 10.2. The number of aromatic nitrogens is 3. The average molecular weight is 424 g/mol. The highest BCUT2D eigenvalue weighted by Crippen LogP contribution is 2.22. The molecule has 1 heterocycles. The molecule has 3 aromatic rings. The summed E-state index contributed by atoms with van der Waals surface area (Å²) in [7, 11) is 0. The number of carbonyl (C=O) groups excluding carboxylic acids is 1. The van der Waals surface area contributed by atoms with Gasteiger partial charge in [0.25, 0.3) is 5.91 Å². The summed E-state index contributed by atoms with van der Waals surface area (Å²) < 4.78 is 0.722. The number of H-pyrrole nitrogens is 1. The third kappa shape index (κ3) is 4.37. The highest BCUT2D eigenvalue weighted by Gasteiger charge is 2.12. The van der Waals surface area contributed by atoms with Crippen molar-refractivity contribution in [3.8, 4) is 0 Å². The number of aromatic amines is 1. The number of hydrogen-bond donors (Lipinski definition) is 2. The molecule has 2 N–H and O–H groups in total. The highest BCUT2D eigenvalue weighted by molar-refractivity contribution is 9.10. The summed E-state index contributed by atoms with van der Waals surface area (Å²) in [6.45, 7) is 0. The third-order valence-electron chi connectivity index (χ3n) is 3.10. The van der Waals surface area contributed by atoms with Crippen LogP contribution >= 0.6 is 39.3 Å². The van der Waals surface area contributed by atoms with Crippen molar-refractivity contribution >= 4 is 51.1 Å². The van der Waals surface area contributed by atoms with E-state index in [9.17, 15) is 4.79 Å². The van der Waals surface area contributed by atoms with Crippen LogP contribution in [-0.4, -0.2) is 21.1 Å². The molecular formula is C16H12BrClN4OS. The van der Waals surface area contributed by atoms with Crippen molar-refractivity contribution in [3.63, 3.8) is 0 Å². The Morgan fingerprint density at radius 1 is 1.21 bits per heavy atom. The van der Waals surface area contributed by atoms with Crippen molar-refractivity contribution in [3.05, 3.63) is 69.2 Å². The Morgan fingerprint density at radius 3 is 2.71 bits per heavy atom. The van der Waals surface area contributed by atoms with E-state index in [2.05, 4.69) is 36.4 Å². The van der Waals surface area contributed by atoms with Gasteiger partial charge in [-0.05, 0) is 45.8 Å². The average Bonchev–Trinajstić information content (AvgIpc) is 3.02. The normalized spacial score (nSPS) is 10.6. The topological polar surface area (TPSA) is 70.7 Å². The summed E-state index contributed by atoms with van der Waals surface area (Å²) >= 11 is 10.7. The number of thioether (sulfide) groups is 1. The lowest BCUT2D eigenvalue weighted by Crippen LogP contribution is -2.13. The molecule has 0 aliphatic heterocycles. The number of nitrogens with one attached hydrogen (secondary N) is 2. The minimum atomic E-state index is -0.257. The van der Waals surface area contributed by atoms with Gasteiger partial charge < -0.3 is 0 Å². The Kier molecular flexibility index (Phi) is 5.55. The first-order valence-electron chi connectivity index (χ1n) is 6.97. The summed E-state index contributed by atoms with van der Waals surface area (Å²) in [4.78, 5) is 16.5. The van der Waals surface area contributed by atoms with E-state index in [1.165, 1.54) is 11.8 Å². The summed E-state index contributed by atoms with van der Waals surface area (Å²) in [5, 5.41) is 10.8. The Hall–Kier alpha value is -1.83. The zero-order valence-corrected chi connectivity index (χ0v) is 15.5. The number of rotatable bonds is 5. The van der Waals surface area contributed by atoms with Crippen LogP contribution in [0.4, 0.5) is 5.95 Å². The molecule has 1 amide bonds. The smallest absolute Gasteiger partial charge is 0.259 e. The van der Waals surface area contributed by atoms with Crippen LogP contribution in [0.3, 0.4) is 0 Å². The first kappa shape index (κ1) is 17.0. The van der Waals surface area contributed by atoms with E-state index in [4.69, 9.17) is 11.6 Å². The van der Waals surface area contributed by atoms with E-state index in [-0.39, 0.29) is 5.91 Å². The van der Waals surface area contributed by atoms with Gasteiger partial charge in [0, 0.05) is 15.2 Å². The lowest BCUT2D eigenvalue weighted by molar-refractivity contribution is 0.102. The second kappa shape index (κ2) is 7.83. The van der Waals surface area contributed by atoms with Crippen LogP contribution in [0.5, 0.6) is 0 Å². The zero-order chi connectivity index (χ0) is 16.9. The van der Waals surface area contributed by atoms with Crippen LogP contribution in [0.2, 0.25) is 5.02 Å². The van der Waals surface area contributed by atoms with Crippen LogP contribution in [0, 0.1) is 0 Å². The van der Waals surface area contributed by atoms with Crippen LogP contribution in [-0.2, 0) is 5.75 Å². The predicted molar refractivity (Wildman–Crippen MR) is 99.5 cm³/mol. The van der Waals surface area contributed by atoms with Gasteiger partial charge in [-0.15, -0.1) is 5.10 Å². The fourth-order valence-corrected chi connectivity index (χ4v) is 3.26. The summed E-state index contributed by atoms with van der Waals surface area (Å²) in [6.07, 6.45) is 0. The maximum absolute atomic E-state index is 12.2. The van der Waals surface area contributed by atoms with Crippen LogP contribution in [0.25, 0.3) is 0 Å². The van der Waals surface area contributed by atoms with Crippen LogP contribution in [0.1, 0.15) is 15.9 Å². The monoisotopic (exact) mass is 422 g/mol. The fourth-order valence-electron chi connectivity index (χ4n) is 1.92. The molecule has 0 fully saturated rings. The van der Waals surface area contributed by atoms with Crippen molar-refractivity contribution in [1.29, 1.82) is 0 Å². The first-order valence-corrected chi connectivity index (χ1v) is 9.13. The molecule has 0 spiro atoms. The molecule has 8 heteroatoms. The Bertz CT molecular complexity index is 853. The molecule has 3 rings (SSSR count). The van der Waals surface area contributed by atoms with Gasteiger partial charge in [-0.25, -0.2) is 5.10 Å². The van der Waals surface area contributed by atoms with E-state index in [1.54, 1.807) is 12.1 Å². The predicted octanol–water partition coefficient (Wildman–Crippen LogP) is 4.77. The SMILES string of the molecule is O=C(Nc1nc(SCc2ccc(Cl)cc2)n[nH]1)c1ccccc1Br. The van der Waals surface area contributed by atoms with E-state index >= 15 is 0 Å². The molecular weight excluding hydrogens is 412 g/mol. The molecule has 0 bridgehead atoms. The van der Waals surface area contributed by atoms with Crippen molar-refractivity contribution in [2.45, 2.75) is 10.9 Å². The minimum absolute atomic E-state index is 0.257. The number of hydrogen-bond acceptors (Lipinski definition) is 4. The number of halogens is 2. The third-order valence-corrected chi connectivity index (χ3v) is 4.96. The number of carbonyl (C=O) groups is 1. The summed E-state index contributed by atoms with van der Waals surface area (Å²) in [5.41, 5.74) is 1.65. The van der Waals surface area contributed by atoms with Gasteiger partial charge >= 0.3 is 0 Å². The van der Waals surface area contributed by atoms with Crippen molar-refractivity contribution in [2.24, 2.45) is 0 Å². The Labute approximate surface area is 156 Å². The zero-order valence-electron chi connectivity index (χ0n) is 12.3. The van der Waals surface area contributed by atoms with E-state index < -0.39 is 0 Å². The van der Waals surface area contributed by atoms with Crippen molar-refractivity contribution in [1.82, 2.24) is 15.2 Å². The van der Waals surface area contributed by atoms with Gasteiger partial charge in [-0.2, -0.15) is 4.98 Å². The highest BCUT2D eigenvalue weighted by atomic mass is 79.9. The second-order valence-corrected chi connectivity index (χ2v) is 7.05. The summed E-state index contributed by atoms with van der Waals surface area (Å²) in [5.74, 6) is 0.773. The number of anilines is 1. The molecule has 0 saturated carbocycles. The largest absolute Gasteiger partial charge is 0.291 e. The fraction of sp³-hybridized carbons (Fsp3) is 0.0625. The molecule has 0 atom stereocenters. The first-order chi connectivity index (χ1) is 11.6. The number of nitrogens with zero attached hydrogens (tertiary/aromatic N) is 2. The van der Waals surface area contributed by atoms with Gasteiger partial charge in [0.15, 0.2) is 0 Å². The summed E-state index contributed by atoms with van der Waals surface area (Å²) in [6, 6.07) is 14.8. The van der Waals surface area contributed by atoms with E-state index in [1.807, 2.05) is 36.4 Å². The van der Waals surface area contributed by atoms with Gasteiger partial charge in [-0.1, -0.05) is 47.6 Å². The second-order valence-electron chi connectivity index (χ2n) is 4.82. The Balaban J connectivity index is 1.60. The molecule has 0 aliphatic carbocycles. The van der Waals surface area contributed by atoms with Gasteiger partial charge in [-0.3, -0.25) is 10.1 Å². The molecule has 122 valence electrons. The van der Waals surface area contributed by atoms with Gasteiger partial charge in [0.05, 0.1) is 5.56 Å². The molecule has 0 radical (unpaired) electrons. The van der Waals surface area contributed by atoms with Crippen molar-refractivity contribution < 1.29 is 4.79 Å². The van der Waals surface area contributed by atoms with Crippen LogP contribution in [0.15, 0.2) is 58.2 Å². The van der Waals surface area contributed by atoms with E-state index in [0.29, 0.717) is 27.4 Å². The maximum atomic E-state index is 12.2. The van der Waals surface area contributed by atoms with Gasteiger partial charge in [0.2, 0.25) is 11.1 Å². The molecule has 0 saturated heterocycles. The standard InChI is InChI=1S/C16H12BrClN4OS/c17-13-4-2-1-3-12(13)14(23)19-15-20-16(22-21-15)24-9-10-5-7-11(18)8-6-10/h1-8H,9H2,(H2,19,20,21,22,23). The van der Waals surface area contributed by atoms with E-state index in [0.717, 1.165) is 10.0 Å². The van der Waals surface area contributed by atoms with Crippen molar-refractivity contribution in [2.75, 3.05) is 5.32 Å². The molecule has 0 aliphatic rings. The molecule has 24 heavy (non-hydrogen) atoms. The Morgan fingerprint density at radius 2 is 1.96 bits per heavy atom.